The van der Waals surface area contributed by atoms with E-state index in [2.05, 4.69) is 17.2 Å². The van der Waals surface area contributed by atoms with Gasteiger partial charge < -0.3 is 5.11 Å². The number of rotatable bonds is 4. The molecule has 2 aromatic carbocycles. The monoisotopic (exact) mass is 370 g/mol. The van der Waals surface area contributed by atoms with Gasteiger partial charge >= 0.3 is 5.97 Å². The zero-order chi connectivity index (χ0) is 18.4. The van der Waals surface area contributed by atoms with Crippen LogP contribution in [0.1, 0.15) is 40.4 Å². The van der Waals surface area contributed by atoms with E-state index in [1.165, 1.54) is 41.3 Å². The van der Waals surface area contributed by atoms with Gasteiger partial charge in [0.25, 0.3) is 0 Å². The third-order valence-corrected chi connectivity index (χ3v) is 5.00. The van der Waals surface area contributed by atoms with Crippen LogP contribution in [0.4, 0.5) is 4.39 Å². The van der Waals surface area contributed by atoms with E-state index in [-0.39, 0.29) is 10.7 Å². The van der Waals surface area contributed by atoms with Gasteiger partial charge in [-0.1, -0.05) is 35.9 Å². The molecule has 0 spiro atoms. The van der Waals surface area contributed by atoms with Gasteiger partial charge in [-0.3, -0.25) is 0 Å². The number of carboxylic acid groups (broad SMARTS) is 1. The summed E-state index contributed by atoms with van der Waals surface area (Å²) in [5, 5.41) is 13.9. The third-order valence-electron chi connectivity index (χ3n) is 4.70. The minimum absolute atomic E-state index is 0.0494. The van der Waals surface area contributed by atoms with Crippen LogP contribution in [0.15, 0.2) is 42.5 Å². The van der Waals surface area contributed by atoms with Gasteiger partial charge in [0.15, 0.2) is 5.69 Å². The lowest BCUT2D eigenvalue weighted by atomic mass is 10.0. The maximum Gasteiger partial charge on any atom is 0.356 e. The Hall–Kier alpha value is -2.66. The number of hydrogen-bond acceptors (Lipinski definition) is 2. The highest BCUT2D eigenvalue weighted by Gasteiger charge is 2.25. The summed E-state index contributed by atoms with van der Waals surface area (Å²) < 4.78 is 14.9. The molecule has 1 N–H and O–H groups in total. The molecule has 1 aliphatic carbocycles. The Bertz CT molecular complexity index is 1010. The molecular weight excluding hydrogens is 355 g/mol. The van der Waals surface area contributed by atoms with E-state index in [1.807, 2.05) is 12.1 Å². The molecule has 3 aromatic rings. The largest absolute Gasteiger partial charge is 0.476 e. The van der Waals surface area contributed by atoms with E-state index in [0.29, 0.717) is 22.9 Å². The maximum absolute atomic E-state index is 13.4. The first-order valence-corrected chi connectivity index (χ1v) is 8.72. The Morgan fingerprint density at radius 2 is 1.92 bits per heavy atom. The summed E-state index contributed by atoms with van der Waals surface area (Å²) in [5.41, 5.74) is 3.69. The average molecular weight is 371 g/mol. The highest BCUT2D eigenvalue weighted by Crippen LogP contribution is 2.41. The molecule has 4 rings (SSSR count). The van der Waals surface area contributed by atoms with Crippen molar-refractivity contribution in [3.63, 3.8) is 0 Å². The number of hydrogen-bond donors (Lipinski definition) is 1. The molecule has 132 valence electrons. The number of carbonyl (C=O) groups is 1. The zero-order valence-electron chi connectivity index (χ0n) is 14.0. The fourth-order valence-corrected chi connectivity index (χ4v) is 3.44. The van der Waals surface area contributed by atoms with E-state index in [1.54, 1.807) is 6.92 Å². The molecule has 0 amide bonds. The van der Waals surface area contributed by atoms with Crippen LogP contribution in [0.25, 0.3) is 16.9 Å². The molecule has 1 fully saturated rings. The summed E-state index contributed by atoms with van der Waals surface area (Å²) >= 11 is 6.19. The van der Waals surface area contributed by atoms with E-state index >= 15 is 0 Å². The molecule has 0 atom stereocenters. The van der Waals surface area contributed by atoms with Gasteiger partial charge in [-0.15, -0.1) is 0 Å². The summed E-state index contributed by atoms with van der Waals surface area (Å²) in [4.78, 5) is 11.6. The lowest BCUT2D eigenvalue weighted by Gasteiger charge is -2.11. The lowest BCUT2D eigenvalue weighted by molar-refractivity contribution is 0.0689. The fraction of sp³-hybridized carbons (Fsp3) is 0.200. The molecule has 0 radical (unpaired) electrons. The van der Waals surface area contributed by atoms with Crippen molar-refractivity contribution in [1.29, 1.82) is 0 Å². The second-order valence-corrected chi connectivity index (χ2v) is 6.94. The van der Waals surface area contributed by atoms with Crippen molar-refractivity contribution in [3.05, 3.63) is 70.1 Å². The smallest absolute Gasteiger partial charge is 0.356 e. The van der Waals surface area contributed by atoms with Crippen molar-refractivity contribution in [3.8, 4) is 16.9 Å². The van der Waals surface area contributed by atoms with Crippen LogP contribution in [0.2, 0.25) is 5.02 Å². The highest BCUT2D eigenvalue weighted by molar-refractivity contribution is 6.32. The summed E-state index contributed by atoms with van der Waals surface area (Å²) in [6, 6.07) is 12.0. The van der Waals surface area contributed by atoms with Gasteiger partial charge in [0.2, 0.25) is 0 Å². The molecule has 1 aliphatic rings. The second kappa shape index (κ2) is 6.25. The Kier molecular flexibility index (Phi) is 4.04. The van der Waals surface area contributed by atoms with Crippen molar-refractivity contribution in [2.24, 2.45) is 0 Å². The van der Waals surface area contributed by atoms with Crippen LogP contribution in [-0.2, 0) is 0 Å². The first kappa shape index (κ1) is 16.8. The standard InChI is InChI=1S/C20H16ClFN2O2/c1-11-18(20(25)26)23-24(17-9-8-15(22)10-16(17)21)19(11)14-6-4-13(5-7-14)12-2-3-12/h4-10,12H,2-3H2,1H3,(H,25,26). The molecule has 1 saturated carbocycles. The van der Waals surface area contributed by atoms with E-state index in [4.69, 9.17) is 11.6 Å². The van der Waals surface area contributed by atoms with Crippen molar-refractivity contribution >= 4 is 17.6 Å². The minimum Gasteiger partial charge on any atom is -0.476 e. The van der Waals surface area contributed by atoms with Crippen LogP contribution in [-0.4, -0.2) is 20.9 Å². The predicted molar refractivity (Wildman–Crippen MR) is 97.6 cm³/mol. The van der Waals surface area contributed by atoms with Gasteiger partial charge in [-0.05, 0) is 49.4 Å². The number of carboxylic acids is 1. The minimum atomic E-state index is -1.12. The topological polar surface area (TPSA) is 55.1 Å². The highest BCUT2D eigenvalue weighted by atomic mass is 35.5. The van der Waals surface area contributed by atoms with E-state index in [9.17, 15) is 14.3 Å². The molecule has 0 bridgehead atoms. The fourth-order valence-electron chi connectivity index (χ4n) is 3.20. The summed E-state index contributed by atoms with van der Waals surface area (Å²) in [6.45, 7) is 1.72. The quantitative estimate of drug-likeness (QED) is 0.685. The molecule has 0 unspecified atom stereocenters. The summed E-state index contributed by atoms with van der Waals surface area (Å²) in [7, 11) is 0. The van der Waals surface area contributed by atoms with Crippen LogP contribution in [0.5, 0.6) is 0 Å². The normalized spacial score (nSPS) is 13.8. The lowest BCUT2D eigenvalue weighted by Crippen LogP contribution is -2.03. The van der Waals surface area contributed by atoms with Crippen LogP contribution in [0, 0.1) is 12.7 Å². The average Bonchev–Trinajstić information content (AvgIpc) is 3.39. The van der Waals surface area contributed by atoms with Crippen LogP contribution < -0.4 is 0 Å². The molecule has 1 heterocycles. The van der Waals surface area contributed by atoms with Gasteiger partial charge in [0.05, 0.1) is 16.4 Å². The van der Waals surface area contributed by atoms with Crippen molar-refractivity contribution < 1.29 is 14.3 Å². The Morgan fingerprint density at radius 1 is 1.23 bits per heavy atom. The predicted octanol–water partition coefficient (Wildman–Crippen LogP) is 5.22. The summed E-state index contributed by atoms with van der Waals surface area (Å²) in [5.74, 6) is -0.942. The zero-order valence-corrected chi connectivity index (χ0v) is 14.8. The van der Waals surface area contributed by atoms with Gasteiger partial charge in [0, 0.05) is 11.1 Å². The SMILES string of the molecule is Cc1c(C(=O)O)nn(-c2ccc(F)cc2Cl)c1-c1ccc(C2CC2)cc1. The number of aromatic nitrogens is 2. The molecular formula is C20H16ClFN2O2. The van der Waals surface area contributed by atoms with E-state index in [0.717, 1.165) is 5.56 Å². The van der Waals surface area contributed by atoms with Crippen molar-refractivity contribution in [1.82, 2.24) is 9.78 Å². The first-order valence-electron chi connectivity index (χ1n) is 8.34. The Morgan fingerprint density at radius 3 is 2.50 bits per heavy atom. The van der Waals surface area contributed by atoms with Crippen LogP contribution in [0.3, 0.4) is 0 Å². The molecule has 4 nitrogen and oxygen atoms in total. The van der Waals surface area contributed by atoms with E-state index < -0.39 is 11.8 Å². The van der Waals surface area contributed by atoms with Crippen molar-refractivity contribution in [2.45, 2.75) is 25.7 Å². The first-order chi connectivity index (χ1) is 12.5. The molecule has 1 aromatic heterocycles. The number of aromatic carboxylic acids is 1. The number of halogens is 2. The van der Waals surface area contributed by atoms with Gasteiger partial charge in [0.1, 0.15) is 5.82 Å². The number of benzene rings is 2. The Labute approximate surface area is 154 Å². The molecule has 0 saturated heterocycles. The second-order valence-electron chi connectivity index (χ2n) is 6.53. The van der Waals surface area contributed by atoms with Crippen molar-refractivity contribution in [2.75, 3.05) is 0 Å². The number of nitrogens with zero attached hydrogens (tertiary/aromatic N) is 2. The summed E-state index contributed by atoms with van der Waals surface area (Å²) in [6.07, 6.45) is 2.43. The Balaban J connectivity index is 1.90. The third kappa shape index (κ3) is 2.88. The maximum atomic E-state index is 13.4. The van der Waals surface area contributed by atoms with Gasteiger partial charge in [-0.2, -0.15) is 5.10 Å². The van der Waals surface area contributed by atoms with Gasteiger partial charge in [-0.25, -0.2) is 13.9 Å². The van der Waals surface area contributed by atoms with Crippen LogP contribution >= 0.6 is 11.6 Å². The molecule has 26 heavy (non-hydrogen) atoms. The molecule has 0 aliphatic heterocycles. The molecule has 6 heteroatoms.